The molecule has 1 atom stereocenters. The van der Waals surface area contributed by atoms with E-state index in [1.54, 1.807) is 30.9 Å². The summed E-state index contributed by atoms with van der Waals surface area (Å²) in [6, 6.07) is 14.6. The van der Waals surface area contributed by atoms with Crippen molar-refractivity contribution in [3.05, 3.63) is 71.4 Å². The molecule has 2 fully saturated rings. The molecule has 2 saturated heterocycles. The van der Waals surface area contributed by atoms with Crippen molar-refractivity contribution in [1.82, 2.24) is 14.8 Å². The molecular weight excluding hydrogens is 695 g/mol. The molecule has 2 amide bonds. The molecule has 53 heavy (non-hydrogen) atoms. The molecule has 4 heterocycles. The highest BCUT2D eigenvalue weighted by Gasteiger charge is 2.59. The molecule has 12 nitrogen and oxygen atoms in total. The van der Waals surface area contributed by atoms with Gasteiger partial charge in [-0.3, -0.25) is 9.59 Å². The lowest BCUT2D eigenvalue weighted by atomic mass is 9.72. The Kier molecular flexibility index (Phi) is 11.3. The number of aromatic nitrogens is 1. The van der Waals surface area contributed by atoms with Crippen LogP contribution in [0.25, 0.3) is 0 Å². The third-order valence-electron chi connectivity index (χ3n) is 11.1. The summed E-state index contributed by atoms with van der Waals surface area (Å²) >= 11 is 0. The van der Waals surface area contributed by atoms with Gasteiger partial charge in [-0.15, -0.1) is 0 Å². The highest BCUT2D eigenvalue weighted by atomic mass is 32.2. The van der Waals surface area contributed by atoms with E-state index in [0.717, 1.165) is 43.1 Å². The zero-order valence-electron chi connectivity index (χ0n) is 31.2. The molecule has 0 aliphatic carbocycles. The molecule has 0 radical (unpaired) electrons. The van der Waals surface area contributed by atoms with E-state index in [0.29, 0.717) is 36.7 Å². The highest BCUT2D eigenvalue weighted by Crippen LogP contribution is 2.53. The molecule has 0 spiro atoms. The summed E-state index contributed by atoms with van der Waals surface area (Å²) in [5.74, 6) is 0.471. The van der Waals surface area contributed by atoms with Crippen LogP contribution in [0.15, 0.2) is 59.6 Å². The van der Waals surface area contributed by atoms with Gasteiger partial charge in [0.1, 0.15) is 21.8 Å². The van der Waals surface area contributed by atoms with Crippen LogP contribution in [0.2, 0.25) is 0 Å². The number of ether oxygens (including phenoxy) is 3. The summed E-state index contributed by atoms with van der Waals surface area (Å²) in [5, 5.41) is 10.0. The number of rotatable bonds is 12. The van der Waals surface area contributed by atoms with Gasteiger partial charge < -0.3 is 24.0 Å². The highest BCUT2D eigenvalue weighted by molar-refractivity contribution is 7.93. The van der Waals surface area contributed by atoms with Gasteiger partial charge in [0.25, 0.3) is 15.9 Å². The molecule has 1 aromatic heterocycles. The molecule has 0 bridgehead atoms. The van der Waals surface area contributed by atoms with Crippen molar-refractivity contribution in [2.24, 2.45) is 11.8 Å². The van der Waals surface area contributed by atoms with Crippen LogP contribution in [-0.4, -0.2) is 87.6 Å². The zero-order chi connectivity index (χ0) is 37.9. The van der Waals surface area contributed by atoms with E-state index in [2.05, 4.69) is 29.8 Å². The van der Waals surface area contributed by atoms with Gasteiger partial charge in [0.15, 0.2) is 0 Å². The standard InChI is InChI=1S/C40H49N5O7S/c1-6-51-35-24-31(50-5)11-13-36(35)53(48,49)45-34-12-10-28(26-41)23-33(34)40(39(45)47,32-9-8-18-42-38(32)52-7-2)25-37(46)44-21-16-30(17-22-44)29-14-19-43(20-15-29)27(3)4/h8-13,18,23-24,27,29-30H,6-7,14-17,19-22,25H2,1-5H3. The second kappa shape index (κ2) is 15.7. The van der Waals surface area contributed by atoms with Gasteiger partial charge in [0, 0.05) is 43.4 Å². The van der Waals surface area contributed by atoms with Crippen molar-refractivity contribution in [1.29, 1.82) is 5.26 Å². The van der Waals surface area contributed by atoms with Crippen LogP contribution in [0.4, 0.5) is 5.69 Å². The number of hydrogen-bond donors (Lipinski definition) is 0. The first kappa shape index (κ1) is 38.1. The second-order valence-electron chi connectivity index (χ2n) is 14.2. The van der Waals surface area contributed by atoms with E-state index in [4.69, 9.17) is 14.2 Å². The number of sulfonamides is 1. The Morgan fingerprint density at radius 2 is 1.64 bits per heavy atom. The summed E-state index contributed by atoms with van der Waals surface area (Å²) in [6.07, 6.45) is 5.16. The third-order valence-corrected chi connectivity index (χ3v) is 12.9. The molecular formula is C40H49N5O7S. The number of piperidine rings is 2. The van der Waals surface area contributed by atoms with E-state index < -0.39 is 21.3 Å². The van der Waals surface area contributed by atoms with Crippen LogP contribution in [0.5, 0.6) is 17.4 Å². The Morgan fingerprint density at radius 3 is 2.26 bits per heavy atom. The number of fused-ring (bicyclic) bond motifs is 1. The maximum atomic E-state index is 15.3. The van der Waals surface area contributed by atoms with Crippen molar-refractivity contribution in [3.8, 4) is 23.4 Å². The maximum Gasteiger partial charge on any atom is 0.274 e. The first-order valence-electron chi connectivity index (χ1n) is 18.5. The number of amides is 2. The predicted molar refractivity (Wildman–Crippen MR) is 200 cm³/mol. The van der Waals surface area contributed by atoms with Crippen LogP contribution in [-0.2, 0) is 25.0 Å². The van der Waals surface area contributed by atoms with Crippen LogP contribution < -0.4 is 18.5 Å². The smallest absolute Gasteiger partial charge is 0.274 e. The molecule has 282 valence electrons. The lowest BCUT2D eigenvalue weighted by molar-refractivity contribution is -0.136. The number of benzene rings is 2. The van der Waals surface area contributed by atoms with E-state index in [1.165, 1.54) is 49.7 Å². The Balaban J connectivity index is 1.41. The van der Waals surface area contributed by atoms with Gasteiger partial charge in [0.2, 0.25) is 11.8 Å². The minimum absolute atomic E-state index is 0.0116. The SMILES string of the molecule is CCOc1cc(OC)ccc1S(=O)(=O)N1C(=O)C(CC(=O)N2CCC(C3CCN(C(C)C)CC3)CC2)(c2cccnc2OCC)c2cc(C#N)ccc21. The van der Waals surface area contributed by atoms with Crippen LogP contribution in [0.1, 0.15) is 76.5 Å². The van der Waals surface area contributed by atoms with Crippen LogP contribution >= 0.6 is 0 Å². The van der Waals surface area contributed by atoms with E-state index in [9.17, 15) is 18.5 Å². The second-order valence-corrected chi connectivity index (χ2v) is 16.0. The van der Waals surface area contributed by atoms with E-state index >= 15 is 4.79 Å². The molecule has 0 N–H and O–H groups in total. The fraction of sp³-hybridized carbons (Fsp3) is 0.500. The Bertz CT molecular complexity index is 1980. The number of carbonyl (C=O) groups excluding carboxylic acids is 2. The maximum absolute atomic E-state index is 15.3. The number of hydrogen-bond acceptors (Lipinski definition) is 10. The first-order valence-corrected chi connectivity index (χ1v) is 20.0. The molecule has 6 rings (SSSR count). The molecule has 3 aliphatic heterocycles. The Morgan fingerprint density at radius 1 is 0.962 bits per heavy atom. The summed E-state index contributed by atoms with van der Waals surface area (Å²) in [7, 11) is -3.20. The summed E-state index contributed by atoms with van der Waals surface area (Å²) < 4.78 is 47.4. The molecule has 1 unspecified atom stereocenters. The van der Waals surface area contributed by atoms with Crippen molar-refractivity contribution in [3.63, 3.8) is 0 Å². The van der Waals surface area contributed by atoms with Gasteiger partial charge in [-0.25, -0.2) is 17.7 Å². The van der Waals surface area contributed by atoms with Gasteiger partial charge in [-0.1, -0.05) is 6.07 Å². The number of likely N-dealkylation sites (tertiary alicyclic amines) is 2. The number of anilines is 1. The van der Waals surface area contributed by atoms with Crippen molar-refractivity contribution < 1.29 is 32.2 Å². The van der Waals surface area contributed by atoms with Crippen molar-refractivity contribution >= 4 is 27.5 Å². The summed E-state index contributed by atoms with van der Waals surface area (Å²) in [6.45, 7) is 11.6. The number of nitrogens with zero attached hydrogens (tertiary/aromatic N) is 5. The molecule has 13 heteroatoms. The number of nitriles is 1. The number of carbonyl (C=O) groups is 2. The summed E-state index contributed by atoms with van der Waals surface area (Å²) in [5.41, 5.74) is -1.17. The molecule has 2 aromatic carbocycles. The van der Waals surface area contributed by atoms with Gasteiger partial charge >= 0.3 is 0 Å². The first-order chi connectivity index (χ1) is 25.5. The topological polar surface area (TPSA) is 142 Å². The fourth-order valence-electron chi connectivity index (χ4n) is 8.32. The van der Waals surface area contributed by atoms with Crippen LogP contribution in [0.3, 0.4) is 0 Å². The van der Waals surface area contributed by atoms with Crippen LogP contribution in [0, 0.1) is 23.2 Å². The quantitative estimate of drug-likeness (QED) is 0.233. The van der Waals surface area contributed by atoms with Gasteiger partial charge in [-0.2, -0.15) is 5.26 Å². The van der Waals surface area contributed by atoms with E-state index in [1.807, 2.05) is 0 Å². The lowest BCUT2D eigenvalue weighted by Gasteiger charge is -2.41. The normalized spacial score (nSPS) is 20.0. The molecule has 3 aliphatic rings. The molecule has 3 aromatic rings. The average Bonchev–Trinajstić information content (AvgIpc) is 3.42. The minimum Gasteiger partial charge on any atom is -0.497 e. The van der Waals surface area contributed by atoms with Crippen molar-refractivity contribution in [2.45, 2.75) is 76.2 Å². The summed E-state index contributed by atoms with van der Waals surface area (Å²) in [4.78, 5) is 38.4. The Hall–Kier alpha value is -4.67. The monoisotopic (exact) mass is 743 g/mol. The minimum atomic E-state index is -4.66. The molecule has 0 saturated carbocycles. The van der Waals surface area contributed by atoms with Gasteiger partial charge in [0.05, 0.1) is 37.6 Å². The number of methoxy groups -OCH3 is 1. The number of pyridine rings is 1. The lowest BCUT2D eigenvalue weighted by Crippen LogP contribution is -2.49. The predicted octanol–water partition coefficient (Wildman–Crippen LogP) is 5.53. The fourth-order valence-corrected chi connectivity index (χ4v) is 9.92. The van der Waals surface area contributed by atoms with Crippen molar-refractivity contribution in [2.75, 3.05) is 50.8 Å². The third kappa shape index (κ3) is 7.06. The Labute approximate surface area is 312 Å². The zero-order valence-corrected chi connectivity index (χ0v) is 32.0. The van der Waals surface area contributed by atoms with Gasteiger partial charge in [-0.05, 0) is 120 Å². The average molecular weight is 744 g/mol. The largest absolute Gasteiger partial charge is 0.497 e. The van der Waals surface area contributed by atoms with E-state index in [-0.39, 0.29) is 64.4 Å².